The monoisotopic (exact) mass is 289 g/mol. The molecule has 0 aliphatic carbocycles. The normalized spacial score (nSPS) is 11.9. The highest BCUT2D eigenvalue weighted by molar-refractivity contribution is 6.30. The Hall–Kier alpha value is -1.67. The molecule has 0 aromatic heterocycles. The number of nitrogens with one attached hydrogen (secondary N) is 1. The molecule has 1 atom stereocenters. The fourth-order valence-electron chi connectivity index (χ4n) is 2.19. The number of hydrogen-bond acceptors (Lipinski definition) is 2. The molecule has 0 radical (unpaired) electrons. The molecule has 20 heavy (non-hydrogen) atoms. The first-order chi connectivity index (χ1) is 9.72. The molecule has 3 heteroatoms. The zero-order valence-corrected chi connectivity index (χ0v) is 12.7. The Labute approximate surface area is 125 Å². The topological polar surface area (TPSA) is 21.3 Å². The molecule has 2 aromatic carbocycles. The summed E-state index contributed by atoms with van der Waals surface area (Å²) >= 11 is 6.07. The molecular formula is C17H20ClNO. The molecule has 1 N–H and O–H groups in total. The standard InChI is InChI=1S/C17H20ClNO/c1-3-17(13-7-5-8-14(18)11-13)19-15-9-6-10-16(12-15)20-4-2/h5-12,17,19H,3-4H2,1-2H3. The summed E-state index contributed by atoms with van der Waals surface area (Å²) in [5, 5.41) is 4.30. The van der Waals surface area contributed by atoms with E-state index in [0.29, 0.717) is 6.61 Å². The van der Waals surface area contributed by atoms with Crippen LogP contribution in [0.25, 0.3) is 0 Å². The van der Waals surface area contributed by atoms with Gasteiger partial charge in [0.1, 0.15) is 5.75 Å². The van der Waals surface area contributed by atoms with Crippen molar-refractivity contribution in [3.05, 3.63) is 59.1 Å². The summed E-state index contributed by atoms with van der Waals surface area (Å²) in [6.07, 6.45) is 0.985. The Bertz CT molecular complexity index is 556. The summed E-state index contributed by atoms with van der Waals surface area (Å²) in [6, 6.07) is 16.3. The van der Waals surface area contributed by atoms with Gasteiger partial charge in [-0.2, -0.15) is 0 Å². The van der Waals surface area contributed by atoms with Crippen LogP contribution in [0.15, 0.2) is 48.5 Å². The van der Waals surface area contributed by atoms with Crippen LogP contribution in [-0.4, -0.2) is 6.61 Å². The zero-order valence-electron chi connectivity index (χ0n) is 11.9. The summed E-state index contributed by atoms with van der Waals surface area (Å²) in [4.78, 5) is 0. The SMILES string of the molecule is CCOc1cccc(NC(CC)c2cccc(Cl)c2)c1. The summed E-state index contributed by atoms with van der Waals surface area (Å²) in [6.45, 7) is 4.82. The molecule has 0 heterocycles. The van der Waals surface area contributed by atoms with Gasteiger partial charge in [0.2, 0.25) is 0 Å². The van der Waals surface area contributed by atoms with E-state index in [9.17, 15) is 0 Å². The van der Waals surface area contributed by atoms with E-state index in [4.69, 9.17) is 16.3 Å². The van der Waals surface area contributed by atoms with E-state index in [1.807, 2.05) is 43.3 Å². The highest BCUT2D eigenvalue weighted by Crippen LogP contribution is 2.26. The number of halogens is 1. The molecule has 0 spiro atoms. The molecule has 106 valence electrons. The predicted molar refractivity (Wildman–Crippen MR) is 85.7 cm³/mol. The largest absolute Gasteiger partial charge is 0.494 e. The maximum Gasteiger partial charge on any atom is 0.121 e. The van der Waals surface area contributed by atoms with Crippen LogP contribution in [0.5, 0.6) is 5.75 Å². The molecular weight excluding hydrogens is 270 g/mol. The third kappa shape index (κ3) is 3.91. The highest BCUT2D eigenvalue weighted by Gasteiger charge is 2.09. The van der Waals surface area contributed by atoms with E-state index in [1.165, 1.54) is 5.56 Å². The first-order valence-corrected chi connectivity index (χ1v) is 7.35. The van der Waals surface area contributed by atoms with Crippen LogP contribution in [-0.2, 0) is 0 Å². The van der Waals surface area contributed by atoms with Crippen molar-refractivity contribution in [1.29, 1.82) is 0 Å². The Morgan fingerprint density at radius 1 is 1.10 bits per heavy atom. The van der Waals surface area contributed by atoms with Gasteiger partial charge in [0.05, 0.1) is 12.6 Å². The lowest BCUT2D eigenvalue weighted by Crippen LogP contribution is -2.09. The van der Waals surface area contributed by atoms with Gasteiger partial charge in [-0.15, -0.1) is 0 Å². The third-order valence-electron chi connectivity index (χ3n) is 3.15. The van der Waals surface area contributed by atoms with Gasteiger partial charge in [-0.1, -0.05) is 36.7 Å². The van der Waals surface area contributed by atoms with Crippen molar-refractivity contribution in [3.8, 4) is 5.75 Å². The van der Waals surface area contributed by atoms with Crippen molar-refractivity contribution >= 4 is 17.3 Å². The third-order valence-corrected chi connectivity index (χ3v) is 3.38. The van der Waals surface area contributed by atoms with Gasteiger partial charge in [-0.05, 0) is 43.2 Å². The minimum atomic E-state index is 0.241. The van der Waals surface area contributed by atoms with E-state index in [0.717, 1.165) is 22.9 Å². The van der Waals surface area contributed by atoms with Crippen molar-refractivity contribution in [3.63, 3.8) is 0 Å². The second-order valence-corrected chi connectivity index (χ2v) is 5.06. The number of anilines is 1. The van der Waals surface area contributed by atoms with Gasteiger partial charge in [0.25, 0.3) is 0 Å². The van der Waals surface area contributed by atoms with Crippen molar-refractivity contribution in [2.45, 2.75) is 26.3 Å². The van der Waals surface area contributed by atoms with Gasteiger partial charge in [0.15, 0.2) is 0 Å². The summed E-state index contributed by atoms with van der Waals surface area (Å²) in [5.74, 6) is 0.887. The van der Waals surface area contributed by atoms with Crippen LogP contribution < -0.4 is 10.1 Å². The van der Waals surface area contributed by atoms with Gasteiger partial charge in [-0.25, -0.2) is 0 Å². The number of hydrogen-bond donors (Lipinski definition) is 1. The van der Waals surface area contributed by atoms with E-state index in [2.05, 4.69) is 24.4 Å². The summed E-state index contributed by atoms with van der Waals surface area (Å²) < 4.78 is 5.53. The van der Waals surface area contributed by atoms with Gasteiger partial charge >= 0.3 is 0 Å². The summed E-state index contributed by atoms with van der Waals surface area (Å²) in [7, 11) is 0. The van der Waals surface area contributed by atoms with Crippen molar-refractivity contribution in [2.24, 2.45) is 0 Å². The maximum absolute atomic E-state index is 6.07. The minimum Gasteiger partial charge on any atom is -0.494 e. The fourth-order valence-corrected chi connectivity index (χ4v) is 2.39. The van der Waals surface area contributed by atoms with Crippen molar-refractivity contribution in [1.82, 2.24) is 0 Å². The Morgan fingerprint density at radius 3 is 2.60 bits per heavy atom. The predicted octanol–water partition coefficient (Wildman–Crippen LogP) is 5.30. The van der Waals surface area contributed by atoms with Crippen LogP contribution in [0.1, 0.15) is 31.9 Å². The first kappa shape index (κ1) is 14.7. The fraction of sp³-hybridized carbons (Fsp3) is 0.294. The molecule has 0 saturated heterocycles. The minimum absolute atomic E-state index is 0.241. The Morgan fingerprint density at radius 2 is 1.90 bits per heavy atom. The quantitative estimate of drug-likeness (QED) is 0.779. The van der Waals surface area contributed by atoms with Gasteiger partial charge in [0, 0.05) is 16.8 Å². The molecule has 0 aliphatic rings. The molecule has 0 bridgehead atoms. The number of benzene rings is 2. The van der Waals surface area contributed by atoms with Crippen LogP contribution in [0.3, 0.4) is 0 Å². The second-order valence-electron chi connectivity index (χ2n) is 4.62. The average Bonchev–Trinajstić information content (AvgIpc) is 2.45. The highest BCUT2D eigenvalue weighted by atomic mass is 35.5. The lowest BCUT2D eigenvalue weighted by molar-refractivity contribution is 0.340. The zero-order chi connectivity index (χ0) is 14.4. The molecule has 0 fully saturated rings. The molecule has 0 aliphatic heterocycles. The maximum atomic E-state index is 6.07. The van der Waals surface area contributed by atoms with Crippen LogP contribution in [0, 0.1) is 0 Å². The van der Waals surface area contributed by atoms with Gasteiger partial charge in [-0.3, -0.25) is 0 Å². The number of rotatable bonds is 6. The Kier molecular flexibility index (Phi) is 5.31. The molecule has 0 saturated carbocycles. The second kappa shape index (κ2) is 7.20. The van der Waals surface area contributed by atoms with Crippen LogP contribution in [0.2, 0.25) is 5.02 Å². The van der Waals surface area contributed by atoms with E-state index in [-0.39, 0.29) is 6.04 Å². The molecule has 1 unspecified atom stereocenters. The smallest absolute Gasteiger partial charge is 0.121 e. The molecule has 2 nitrogen and oxygen atoms in total. The van der Waals surface area contributed by atoms with Crippen molar-refractivity contribution < 1.29 is 4.74 Å². The van der Waals surface area contributed by atoms with Crippen LogP contribution >= 0.6 is 11.6 Å². The van der Waals surface area contributed by atoms with Crippen molar-refractivity contribution in [2.75, 3.05) is 11.9 Å². The van der Waals surface area contributed by atoms with Crippen LogP contribution in [0.4, 0.5) is 5.69 Å². The average molecular weight is 290 g/mol. The van der Waals surface area contributed by atoms with E-state index >= 15 is 0 Å². The lowest BCUT2D eigenvalue weighted by Gasteiger charge is -2.19. The molecule has 0 amide bonds. The van der Waals surface area contributed by atoms with E-state index in [1.54, 1.807) is 0 Å². The lowest BCUT2D eigenvalue weighted by atomic mass is 10.0. The van der Waals surface area contributed by atoms with Gasteiger partial charge < -0.3 is 10.1 Å². The Balaban J connectivity index is 2.15. The summed E-state index contributed by atoms with van der Waals surface area (Å²) in [5.41, 5.74) is 2.25. The molecule has 2 aromatic rings. The van der Waals surface area contributed by atoms with E-state index < -0.39 is 0 Å². The first-order valence-electron chi connectivity index (χ1n) is 6.97. The number of ether oxygens (including phenoxy) is 1. The molecule has 2 rings (SSSR count).